The van der Waals surface area contributed by atoms with Gasteiger partial charge in [0.05, 0.1) is 31.9 Å². The van der Waals surface area contributed by atoms with Crippen LogP contribution in [-0.2, 0) is 4.74 Å². The Morgan fingerprint density at radius 3 is 2.40 bits per heavy atom. The average Bonchev–Trinajstić information content (AvgIpc) is 2.26. The van der Waals surface area contributed by atoms with Crippen molar-refractivity contribution in [1.29, 1.82) is 0 Å². The lowest BCUT2D eigenvalue weighted by molar-refractivity contribution is -0.00321. The molecular formula is C7H14N6O2. The van der Waals surface area contributed by atoms with Gasteiger partial charge in [0.2, 0.25) is 0 Å². The van der Waals surface area contributed by atoms with E-state index in [1.165, 1.54) is 0 Å². The lowest BCUT2D eigenvalue weighted by Gasteiger charge is -2.15. The van der Waals surface area contributed by atoms with Gasteiger partial charge >= 0.3 is 0 Å². The highest BCUT2D eigenvalue weighted by molar-refractivity contribution is 4.63. The molecule has 0 aliphatic rings. The van der Waals surface area contributed by atoms with Crippen LogP contribution in [0.2, 0.25) is 0 Å². The molecule has 0 amide bonds. The van der Waals surface area contributed by atoms with E-state index in [-0.39, 0.29) is 25.8 Å². The van der Waals surface area contributed by atoms with Crippen molar-refractivity contribution < 1.29 is 9.84 Å². The van der Waals surface area contributed by atoms with E-state index in [1.54, 1.807) is 0 Å². The lowest BCUT2D eigenvalue weighted by Crippen LogP contribution is -2.24. The van der Waals surface area contributed by atoms with Crippen molar-refractivity contribution in [3.05, 3.63) is 20.9 Å². The minimum absolute atomic E-state index is 0.0194. The van der Waals surface area contributed by atoms with Crippen LogP contribution >= 0.6 is 0 Å². The third kappa shape index (κ3) is 7.60. The van der Waals surface area contributed by atoms with Crippen molar-refractivity contribution in [3.8, 4) is 0 Å². The Balaban J connectivity index is 3.77. The molecule has 2 unspecified atom stereocenters. The largest absolute Gasteiger partial charge is 0.391 e. The SMILES string of the molecule is CCC(CN=[N+]=[N-])OCC(O)CN=[N+]=[N-]. The summed E-state index contributed by atoms with van der Waals surface area (Å²) in [6.45, 7) is 2.17. The zero-order chi connectivity index (χ0) is 11.5. The first-order chi connectivity index (χ1) is 7.24. The fraction of sp³-hybridized carbons (Fsp3) is 1.00. The van der Waals surface area contributed by atoms with Crippen molar-refractivity contribution in [1.82, 2.24) is 0 Å². The number of rotatable bonds is 8. The Morgan fingerprint density at radius 2 is 1.87 bits per heavy atom. The molecule has 0 rings (SSSR count). The van der Waals surface area contributed by atoms with Crippen LogP contribution in [0, 0.1) is 0 Å². The number of ether oxygens (including phenoxy) is 1. The van der Waals surface area contributed by atoms with Crippen LogP contribution < -0.4 is 0 Å². The summed E-state index contributed by atoms with van der Waals surface area (Å²) in [5.41, 5.74) is 16.1. The van der Waals surface area contributed by atoms with Crippen LogP contribution in [0.15, 0.2) is 10.2 Å². The van der Waals surface area contributed by atoms with Gasteiger partial charge in [0.1, 0.15) is 0 Å². The lowest BCUT2D eigenvalue weighted by atomic mass is 10.3. The molecule has 0 radical (unpaired) electrons. The van der Waals surface area contributed by atoms with Crippen LogP contribution in [-0.4, -0.2) is 37.0 Å². The van der Waals surface area contributed by atoms with Gasteiger partial charge in [-0.3, -0.25) is 0 Å². The Labute approximate surface area is 87.1 Å². The van der Waals surface area contributed by atoms with E-state index in [0.29, 0.717) is 6.42 Å². The molecule has 2 atom stereocenters. The van der Waals surface area contributed by atoms with Gasteiger partial charge in [-0.1, -0.05) is 17.2 Å². The Hall–Kier alpha value is -1.46. The van der Waals surface area contributed by atoms with Crippen molar-refractivity contribution in [2.24, 2.45) is 10.2 Å². The highest BCUT2D eigenvalue weighted by Crippen LogP contribution is 2.00. The summed E-state index contributed by atoms with van der Waals surface area (Å²) in [6, 6.07) is 0. The third-order valence-corrected chi connectivity index (χ3v) is 1.68. The van der Waals surface area contributed by atoms with Gasteiger partial charge in [-0.2, -0.15) is 0 Å². The second-order valence-corrected chi connectivity index (χ2v) is 2.84. The molecule has 0 aromatic heterocycles. The standard InChI is InChI=1S/C7H14N6O2/c1-2-7(4-11-13-9)15-5-6(14)3-10-12-8/h6-7,14H,2-5H2,1H3. The average molecular weight is 214 g/mol. The molecule has 15 heavy (non-hydrogen) atoms. The van der Waals surface area contributed by atoms with Crippen LogP contribution in [0.1, 0.15) is 13.3 Å². The van der Waals surface area contributed by atoms with E-state index in [9.17, 15) is 5.11 Å². The molecule has 0 heterocycles. The van der Waals surface area contributed by atoms with Crippen molar-refractivity contribution in [2.75, 3.05) is 19.7 Å². The summed E-state index contributed by atoms with van der Waals surface area (Å²) in [7, 11) is 0. The fourth-order valence-electron chi connectivity index (χ4n) is 0.858. The van der Waals surface area contributed by atoms with Gasteiger partial charge in [-0.15, -0.1) is 0 Å². The van der Waals surface area contributed by atoms with E-state index in [1.807, 2.05) is 6.92 Å². The maximum Gasteiger partial charge on any atom is 0.0830 e. The van der Waals surface area contributed by atoms with Gasteiger partial charge in [0, 0.05) is 9.82 Å². The van der Waals surface area contributed by atoms with E-state index in [0.717, 1.165) is 0 Å². The maximum atomic E-state index is 9.26. The Morgan fingerprint density at radius 1 is 1.27 bits per heavy atom. The highest BCUT2D eigenvalue weighted by atomic mass is 16.5. The molecule has 0 aromatic rings. The second-order valence-electron chi connectivity index (χ2n) is 2.84. The second kappa shape index (κ2) is 9.11. The molecule has 0 spiro atoms. The number of nitrogens with zero attached hydrogens (tertiary/aromatic N) is 6. The zero-order valence-electron chi connectivity index (χ0n) is 8.52. The summed E-state index contributed by atoms with van der Waals surface area (Å²) in [6.07, 6.45) is -0.338. The minimum atomic E-state index is -0.819. The van der Waals surface area contributed by atoms with Crippen LogP contribution in [0.4, 0.5) is 0 Å². The normalized spacial score (nSPS) is 13.5. The first-order valence-corrected chi connectivity index (χ1v) is 4.56. The van der Waals surface area contributed by atoms with Gasteiger partial charge in [-0.25, -0.2) is 0 Å². The Bertz CT molecular complexity index is 258. The first kappa shape index (κ1) is 13.5. The molecule has 0 fully saturated rings. The maximum absolute atomic E-state index is 9.26. The molecule has 0 saturated carbocycles. The van der Waals surface area contributed by atoms with Gasteiger partial charge in [-0.05, 0) is 17.5 Å². The number of hydrogen-bond acceptors (Lipinski definition) is 4. The molecule has 1 N–H and O–H groups in total. The monoisotopic (exact) mass is 214 g/mol. The third-order valence-electron chi connectivity index (χ3n) is 1.68. The van der Waals surface area contributed by atoms with Crippen LogP contribution in [0.25, 0.3) is 20.9 Å². The molecule has 84 valence electrons. The van der Waals surface area contributed by atoms with Crippen LogP contribution in [0.5, 0.6) is 0 Å². The quantitative estimate of drug-likeness (QED) is 0.375. The first-order valence-electron chi connectivity index (χ1n) is 4.56. The number of hydrogen-bond donors (Lipinski definition) is 1. The molecule has 0 aliphatic carbocycles. The summed E-state index contributed by atoms with van der Waals surface area (Å²) < 4.78 is 5.25. The van der Waals surface area contributed by atoms with Gasteiger partial charge in [0.15, 0.2) is 0 Å². The predicted molar refractivity (Wildman–Crippen MR) is 54.1 cm³/mol. The van der Waals surface area contributed by atoms with E-state index in [4.69, 9.17) is 15.8 Å². The molecule has 0 aliphatic heterocycles. The summed E-state index contributed by atoms with van der Waals surface area (Å²) in [5.74, 6) is 0. The molecule has 8 heteroatoms. The number of aliphatic hydroxyl groups is 1. The zero-order valence-corrected chi connectivity index (χ0v) is 8.52. The molecule has 0 bridgehead atoms. The van der Waals surface area contributed by atoms with Crippen molar-refractivity contribution >= 4 is 0 Å². The van der Waals surface area contributed by atoms with Crippen molar-refractivity contribution in [3.63, 3.8) is 0 Å². The Kier molecular flexibility index (Phi) is 8.22. The fourth-order valence-corrected chi connectivity index (χ4v) is 0.858. The summed E-state index contributed by atoms with van der Waals surface area (Å²) >= 11 is 0. The summed E-state index contributed by atoms with van der Waals surface area (Å²) in [5, 5.41) is 15.8. The van der Waals surface area contributed by atoms with Crippen molar-refractivity contribution in [2.45, 2.75) is 25.6 Å². The van der Waals surface area contributed by atoms with E-state index >= 15 is 0 Å². The highest BCUT2D eigenvalue weighted by Gasteiger charge is 2.08. The van der Waals surface area contributed by atoms with E-state index < -0.39 is 6.10 Å². The molecule has 0 saturated heterocycles. The number of aliphatic hydroxyl groups excluding tert-OH is 1. The van der Waals surface area contributed by atoms with E-state index in [2.05, 4.69) is 20.1 Å². The minimum Gasteiger partial charge on any atom is -0.391 e. The summed E-state index contributed by atoms with van der Waals surface area (Å²) in [4.78, 5) is 5.13. The molecule has 8 nitrogen and oxygen atoms in total. The van der Waals surface area contributed by atoms with Gasteiger partial charge in [0.25, 0.3) is 0 Å². The van der Waals surface area contributed by atoms with Crippen LogP contribution in [0.3, 0.4) is 0 Å². The molecular weight excluding hydrogens is 200 g/mol. The smallest absolute Gasteiger partial charge is 0.0830 e. The topological polar surface area (TPSA) is 127 Å². The molecule has 0 aromatic carbocycles. The number of azide groups is 2. The van der Waals surface area contributed by atoms with Gasteiger partial charge < -0.3 is 9.84 Å². The predicted octanol–water partition coefficient (Wildman–Crippen LogP) is 1.76.